The average molecular weight is 403 g/mol. The summed E-state index contributed by atoms with van der Waals surface area (Å²) in [6.07, 6.45) is 0.460. The fraction of sp³-hybridized carbons (Fsp3) is 0.368. The molecule has 0 bridgehead atoms. The number of hydrogen-bond acceptors (Lipinski definition) is 6. The lowest BCUT2D eigenvalue weighted by Gasteiger charge is -2.10. The van der Waals surface area contributed by atoms with Crippen molar-refractivity contribution >= 4 is 34.4 Å². The molecule has 9 heteroatoms. The molecule has 148 valence electrons. The second-order valence-corrected chi connectivity index (χ2v) is 6.66. The van der Waals surface area contributed by atoms with E-state index in [9.17, 15) is 4.79 Å². The smallest absolute Gasteiger partial charge is 0.219 e. The number of fused-ring (bicyclic) bond motifs is 1. The number of benzene rings is 1. The Morgan fingerprint density at radius 2 is 2.11 bits per heavy atom. The average Bonchev–Trinajstić information content (AvgIpc) is 3.02. The highest BCUT2D eigenvalue weighted by molar-refractivity contribution is 6.30. The van der Waals surface area contributed by atoms with Crippen LogP contribution in [0.4, 0.5) is 5.82 Å². The maximum Gasteiger partial charge on any atom is 0.219 e. The number of aromatic nitrogens is 4. The van der Waals surface area contributed by atoms with Gasteiger partial charge >= 0.3 is 0 Å². The van der Waals surface area contributed by atoms with Crippen LogP contribution in [0.15, 0.2) is 24.3 Å². The summed E-state index contributed by atoms with van der Waals surface area (Å²) in [7, 11) is 1.60. The van der Waals surface area contributed by atoms with Crippen LogP contribution >= 0.6 is 11.6 Å². The Bertz CT molecular complexity index is 988. The first kappa shape index (κ1) is 20.0. The lowest BCUT2D eigenvalue weighted by molar-refractivity contribution is -0.120. The van der Waals surface area contributed by atoms with Gasteiger partial charge in [0.1, 0.15) is 12.4 Å². The first-order valence-corrected chi connectivity index (χ1v) is 9.43. The van der Waals surface area contributed by atoms with Crippen LogP contribution in [0.3, 0.4) is 0 Å². The third-order valence-electron chi connectivity index (χ3n) is 4.14. The van der Waals surface area contributed by atoms with Gasteiger partial charge in [0.05, 0.1) is 16.8 Å². The van der Waals surface area contributed by atoms with E-state index in [1.54, 1.807) is 11.8 Å². The van der Waals surface area contributed by atoms with Crippen molar-refractivity contribution in [3.8, 4) is 5.69 Å². The zero-order chi connectivity index (χ0) is 20.1. The van der Waals surface area contributed by atoms with E-state index in [-0.39, 0.29) is 12.5 Å². The van der Waals surface area contributed by atoms with Crippen molar-refractivity contribution < 1.29 is 9.53 Å². The quantitative estimate of drug-likeness (QED) is 0.563. The summed E-state index contributed by atoms with van der Waals surface area (Å²) in [5, 5.41) is 12.2. The molecule has 2 N–H and O–H groups in total. The molecule has 0 atom stereocenters. The van der Waals surface area contributed by atoms with Crippen LogP contribution in [0.5, 0.6) is 0 Å². The molecule has 0 unspecified atom stereocenters. The van der Waals surface area contributed by atoms with Gasteiger partial charge in [0.2, 0.25) is 5.91 Å². The highest BCUT2D eigenvalue weighted by Gasteiger charge is 2.17. The minimum atomic E-state index is 0.0136. The van der Waals surface area contributed by atoms with Gasteiger partial charge in [-0.2, -0.15) is 5.10 Å². The number of carbonyl (C=O) groups excluding carboxylic acids is 1. The van der Waals surface area contributed by atoms with Gasteiger partial charge < -0.3 is 15.4 Å². The first-order chi connectivity index (χ1) is 13.5. The molecule has 0 saturated heterocycles. The van der Waals surface area contributed by atoms with Crippen molar-refractivity contribution in [1.29, 1.82) is 0 Å². The maximum absolute atomic E-state index is 11.4. The van der Waals surface area contributed by atoms with Crippen LogP contribution in [-0.2, 0) is 16.1 Å². The Morgan fingerprint density at radius 1 is 1.29 bits per heavy atom. The molecule has 2 aromatic heterocycles. The number of nitrogens with zero attached hydrogens (tertiary/aromatic N) is 4. The van der Waals surface area contributed by atoms with E-state index >= 15 is 0 Å². The topological polar surface area (TPSA) is 94.0 Å². The Kier molecular flexibility index (Phi) is 6.43. The number of ether oxygens (including phenoxy) is 1. The predicted molar refractivity (Wildman–Crippen MR) is 109 cm³/mol. The number of amides is 1. The second-order valence-electron chi connectivity index (χ2n) is 6.23. The Hall–Kier alpha value is -2.71. The zero-order valence-corrected chi connectivity index (χ0v) is 16.9. The molecule has 2 heterocycles. The third kappa shape index (κ3) is 4.40. The van der Waals surface area contributed by atoms with Crippen molar-refractivity contribution in [3.63, 3.8) is 0 Å². The number of halogens is 1. The van der Waals surface area contributed by atoms with Gasteiger partial charge in [0.15, 0.2) is 11.5 Å². The van der Waals surface area contributed by atoms with Gasteiger partial charge in [-0.15, -0.1) is 0 Å². The SMILES string of the molecule is CCC(=O)NCCNc1nc(COC)nc2c1c(C)nn2-c1cccc(Cl)c1. The van der Waals surface area contributed by atoms with Crippen molar-refractivity contribution in [1.82, 2.24) is 25.1 Å². The molecule has 0 radical (unpaired) electrons. The van der Waals surface area contributed by atoms with E-state index in [1.165, 1.54) is 0 Å². The summed E-state index contributed by atoms with van der Waals surface area (Å²) < 4.78 is 6.97. The summed E-state index contributed by atoms with van der Waals surface area (Å²) >= 11 is 6.15. The number of rotatable bonds is 8. The minimum Gasteiger partial charge on any atom is -0.377 e. The molecule has 0 aliphatic heterocycles. The molecule has 3 aromatic rings. The molecule has 3 rings (SSSR count). The van der Waals surface area contributed by atoms with Crippen molar-refractivity contribution in [2.75, 3.05) is 25.5 Å². The minimum absolute atomic E-state index is 0.0136. The second kappa shape index (κ2) is 8.99. The first-order valence-electron chi connectivity index (χ1n) is 9.05. The summed E-state index contributed by atoms with van der Waals surface area (Å²) in [6.45, 7) is 5.04. The van der Waals surface area contributed by atoms with Crippen molar-refractivity contribution in [3.05, 3.63) is 40.8 Å². The number of carbonyl (C=O) groups is 1. The molecule has 0 spiro atoms. The number of methoxy groups -OCH3 is 1. The fourth-order valence-corrected chi connectivity index (χ4v) is 3.03. The van der Waals surface area contributed by atoms with Crippen LogP contribution in [0.25, 0.3) is 16.7 Å². The normalized spacial score (nSPS) is 11.0. The fourth-order valence-electron chi connectivity index (χ4n) is 2.85. The molecule has 0 aliphatic rings. The maximum atomic E-state index is 11.4. The molecule has 8 nitrogen and oxygen atoms in total. The molecule has 1 amide bonds. The van der Waals surface area contributed by atoms with Gasteiger partial charge in [-0.25, -0.2) is 14.6 Å². The Balaban J connectivity index is 1.99. The predicted octanol–water partition coefficient (Wildman–Crippen LogP) is 2.86. The standard InChI is InChI=1S/C19H23ClN6O2/c1-4-16(27)21-8-9-22-18-17-12(2)25-26(14-7-5-6-13(20)10-14)19(17)24-15(23-18)11-28-3/h5-7,10H,4,8-9,11H2,1-3H3,(H,21,27)(H,22,23,24). The number of nitrogens with one attached hydrogen (secondary N) is 2. The molecule has 0 aliphatic carbocycles. The summed E-state index contributed by atoms with van der Waals surface area (Å²) in [4.78, 5) is 20.6. The van der Waals surface area contributed by atoms with E-state index in [0.717, 1.165) is 16.8 Å². The number of aryl methyl sites for hydroxylation is 1. The highest BCUT2D eigenvalue weighted by Crippen LogP contribution is 2.27. The molecule has 0 fully saturated rings. The lowest BCUT2D eigenvalue weighted by Crippen LogP contribution is -2.28. The van der Waals surface area contributed by atoms with Crippen LogP contribution in [0.1, 0.15) is 24.9 Å². The monoisotopic (exact) mass is 402 g/mol. The zero-order valence-electron chi connectivity index (χ0n) is 16.1. The summed E-state index contributed by atoms with van der Waals surface area (Å²) in [5.74, 6) is 1.21. The highest BCUT2D eigenvalue weighted by atomic mass is 35.5. The van der Waals surface area contributed by atoms with Crippen molar-refractivity contribution in [2.24, 2.45) is 0 Å². The van der Waals surface area contributed by atoms with Gasteiger partial charge in [-0.3, -0.25) is 4.79 Å². The van der Waals surface area contributed by atoms with E-state index < -0.39 is 0 Å². The molecule has 0 saturated carbocycles. The van der Waals surface area contributed by atoms with Gasteiger partial charge in [0.25, 0.3) is 0 Å². The van der Waals surface area contributed by atoms with Gasteiger partial charge in [0, 0.05) is 31.6 Å². The Labute approximate surface area is 168 Å². The Morgan fingerprint density at radius 3 is 2.82 bits per heavy atom. The third-order valence-corrected chi connectivity index (χ3v) is 4.37. The van der Waals surface area contributed by atoms with Crippen LogP contribution in [0, 0.1) is 6.92 Å². The van der Waals surface area contributed by atoms with Crippen LogP contribution in [-0.4, -0.2) is 45.9 Å². The molecule has 28 heavy (non-hydrogen) atoms. The van der Waals surface area contributed by atoms with Crippen LogP contribution in [0.2, 0.25) is 5.02 Å². The van der Waals surface area contributed by atoms with Crippen molar-refractivity contribution in [2.45, 2.75) is 26.9 Å². The van der Waals surface area contributed by atoms with E-state index in [0.29, 0.717) is 41.8 Å². The summed E-state index contributed by atoms with van der Waals surface area (Å²) in [5.41, 5.74) is 2.27. The lowest BCUT2D eigenvalue weighted by atomic mass is 10.3. The molecular formula is C19H23ClN6O2. The van der Waals surface area contributed by atoms with Gasteiger partial charge in [-0.1, -0.05) is 24.6 Å². The number of hydrogen-bond donors (Lipinski definition) is 2. The van der Waals surface area contributed by atoms with E-state index in [1.807, 2.05) is 38.1 Å². The summed E-state index contributed by atoms with van der Waals surface area (Å²) in [6, 6.07) is 7.43. The van der Waals surface area contributed by atoms with E-state index in [2.05, 4.69) is 25.7 Å². The van der Waals surface area contributed by atoms with Gasteiger partial charge in [-0.05, 0) is 25.1 Å². The van der Waals surface area contributed by atoms with E-state index in [4.69, 9.17) is 16.3 Å². The largest absolute Gasteiger partial charge is 0.377 e. The molecule has 1 aromatic carbocycles. The van der Waals surface area contributed by atoms with Crippen LogP contribution < -0.4 is 10.6 Å². The molecular weight excluding hydrogens is 380 g/mol. The number of anilines is 1.